The van der Waals surface area contributed by atoms with Crippen molar-refractivity contribution in [2.45, 2.75) is 46.0 Å². The summed E-state index contributed by atoms with van der Waals surface area (Å²) in [6.45, 7) is 6.69. The van der Waals surface area contributed by atoms with E-state index in [0.29, 0.717) is 47.6 Å². The molecule has 1 aliphatic rings. The van der Waals surface area contributed by atoms with Crippen LogP contribution in [0.2, 0.25) is 0 Å². The van der Waals surface area contributed by atoms with Crippen LogP contribution in [0, 0.1) is 5.92 Å². The van der Waals surface area contributed by atoms with Crippen LogP contribution in [0.1, 0.15) is 51.0 Å². The van der Waals surface area contributed by atoms with Gasteiger partial charge in [-0.15, -0.1) is 0 Å². The minimum Gasteiger partial charge on any atom is -0.338 e. The molecule has 0 aliphatic heterocycles. The number of benzene rings is 1. The van der Waals surface area contributed by atoms with Crippen LogP contribution >= 0.6 is 0 Å². The van der Waals surface area contributed by atoms with Gasteiger partial charge in [0.2, 0.25) is 11.9 Å². The number of nitrogens with zero attached hydrogens (tertiary/aromatic N) is 4. The fourth-order valence-corrected chi connectivity index (χ4v) is 3.21. The topological polar surface area (TPSA) is 133 Å². The average molecular weight is 436 g/mol. The van der Waals surface area contributed by atoms with Gasteiger partial charge in [-0.2, -0.15) is 20.1 Å². The molecule has 2 aromatic heterocycles. The molecule has 10 nitrogen and oxygen atoms in total. The second-order valence-corrected chi connectivity index (χ2v) is 8.29. The van der Waals surface area contributed by atoms with Gasteiger partial charge in [0.1, 0.15) is 5.82 Å². The van der Waals surface area contributed by atoms with Crippen molar-refractivity contribution in [1.29, 1.82) is 0 Å². The largest absolute Gasteiger partial charge is 0.338 e. The number of nitrogens with one attached hydrogen (secondary N) is 5. The Kier molecular flexibility index (Phi) is 6.48. The van der Waals surface area contributed by atoms with Gasteiger partial charge in [0.15, 0.2) is 5.82 Å². The van der Waals surface area contributed by atoms with E-state index >= 15 is 0 Å². The zero-order valence-electron chi connectivity index (χ0n) is 18.6. The number of H-pyrrole nitrogens is 1. The molecule has 2 heterocycles. The first-order valence-electron chi connectivity index (χ1n) is 11.0. The number of carbonyl (C=O) groups is 1. The Bertz CT molecular complexity index is 1060. The number of anilines is 5. The zero-order chi connectivity index (χ0) is 22.5. The second kappa shape index (κ2) is 9.63. The number of hydrogen-bond donors (Lipinski definition) is 5. The van der Waals surface area contributed by atoms with Gasteiger partial charge >= 0.3 is 6.03 Å². The predicted octanol–water partition coefficient (Wildman–Crippen LogP) is 4.30. The van der Waals surface area contributed by atoms with E-state index in [-0.39, 0.29) is 6.03 Å². The van der Waals surface area contributed by atoms with Crippen LogP contribution in [0.15, 0.2) is 30.3 Å². The first kappa shape index (κ1) is 21.5. The summed E-state index contributed by atoms with van der Waals surface area (Å²) in [4.78, 5) is 25.3. The van der Waals surface area contributed by atoms with Gasteiger partial charge in [-0.3, -0.25) is 5.10 Å². The summed E-state index contributed by atoms with van der Waals surface area (Å²) in [5.41, 5.74) is 2.64. The molecule has 0 spiro atoms. The Morgan fingerprint density at radius 2 is 1.75 bits per heavy atom. The second-order valence-electron chi connectivity index (χ2n) is 8.29. The Balaban J connectivity index is 1.49. The molecule has 32 heavy (non-hydrogen) atoms. The van der Waals surface area contributed by atoms with Crippen LogP contribution < -0.4 is 21.3 Å². The van der Waals surface area contributed by atoms with E-state index in [9.17, 15) is 4.79 Å². The standard InChI is InChI=1S/C22H29N9O/c1-4-23-22(32)25-16-9-7-15(8-10-16)24-20-26-18(11-13(2)3)27-21(29-20)28-19-12-17(30-31-19)14-5-6-14/h7-10,12-14H,4-6,11H2,1-3H3,(H2,23,25,32)(H3,24,26,27,28,29,30,31). The van der Waals surface area contributed by atoms with Gasteiger partial charge in [0.25, 0.3) is 0 Å². The van der Waals surface area contributed by atoms with Crippen molar-refractivity contribution >= 4 is 35.1 Å². The third-order valence-corrected chi connectivity index (χ3v) is 4.86. The average Bonchev–Trinajstić information content (AvgIpc) is 3.48. The molecule has 5 N–H and O–H groups in total. The van der Waals surface area contributed by atoms with Crippen LogP contribution in [0.5, 0.6) is 0 Å². The van der Waals surface area contributed by atoms with Crippen molar-refractivity contribution in [2.75, 3.05) is 22.5 Å². The molecule has 1 fully saturated rings. The molecule has 1 saturated carbocycles. The number of rotatable bonds is 9. The fourth-order valence-electron chi connectivity index (χ4n) is 3.21. The van der Waals surface area contributed by atoms with Crippen molar-refractivity contribution in [3.8, 4) is 0 Å². The molecule has 0 saturated heterocycles. The van der Waals surface area contributed by atoms with Gasteiger partial charge in [-0.05, 0) is 49.9 Å². The minimum absolute atomic E-state index is 0.233. The Hall–Kier alpha value is -3.69. The molecule has 4 rings (SSSR count). The van der Waals surface area contributed by atoms with Crippen molar-refractivity contribution in [2.24, 2.45) is 5.92 Å². The zero-order valence-corrected chi connectivity index (χ0v) is 18.6. The highest BCUT2D eigenvalue weighted by Crippen LogP contribution is 2.39. The summed E-state index contributed by atoms with van der Waals surface area (Å²) in [6.07, 6.45) is 3.14. The SMILES string of the molecule is CCNC(=O)Nc1ccc(Nc2nc(CC(C)C)nc(Nc3cc(C4CC4)[nH]n3)n2)cc1. The normalized spacial score (nSPS) is 13.1. The number of amides is 2. The first-order chi connectivity index (χ1) is 15.5. The van der Waals surface area contributed by atoms with Crippen molar-refractivity contribution in [3.05, 3.63) is 41.9 Å². The summed E-state index contributed by atoms with van der Waals surface area (Å²) < 4.78 is 0. The molecule has 0 bridgehead atoms. The van der Waals surface area contributed by atoms with Gasteiger partial charge in [-0.1, -0.05) is 13.8 Å². The number of hydrogen-bond acceptors (Lipinski definition) is 7. The number of aromatic amines is 1. The van der Waals surface area contributed by atoms with Crippen molar-refractivity contribution in [1.82, 2.24) is 30.5 Å². The maximum absolute atomic E-state index is 11.7. The van der Waals surface area contributed by atoms with Crippen LogP contribution in [0.3, 0.4) is 0 Å². The molecule has 1 aliphatic carbocycles. The quantitative estimate of drug-likeness (QED) is 0.338. The lowest BCUT2D eigenvalue weighted by molar-refractivity contribution is 0.252. The lowest BCUT2D eigenvalue weighted by Gasteiger charge is -2.11. The number of urea groups is 1. The lowest BCUT2D eigenvalue weighted by atomic mass is 10.1. The Labute approximate surface area is 187 Å². The van der Waals surface area contributed by atoms with E-state index in [0.717, 1.165) is 17.8 Å². The van der Waals surface area contributed by atoms with Crippen LogP contribution in [-0.2, 0) is 6.42 Å². The smallest absolute Gasteiger partial charge is 0.319 e. The molecule has 0 radical (unpaired) electrons. The Morgan fingerprint density at radius 1 is 1.06 bits per heavy atom. The number of aromatic nitrogens is 5. The highest BCUT2D eigenvalue weighted by molar-refractivity contribution is 5.89. The molecule has 168 valence electrons. The monoisotopic (exact) mass is 435 g/mol. The van der Waals surface area contributed by atoms with E-state index in [1.165, 1.54) is 12.8 Å². The lowest BCUT2D eigenvalue weighted by Crippen LogP contribution is -2.28. The van der Waals surface area contributed by atoms with Gasteiger partial charge in [0, 0.05) is 42.0 Å². The third-order valence-electron chi connectivity index (χ3n) is 4.86. The number of carbonyl (C=O) groups excluding carboxylic acids is 1. The highest BCUT2D eigenvalue weighted by atomic mass is 16.2. The maximum Gasteiger partial charge on any atom is 0.319 e. The van der Waals surface area contributed by atoms with Crippen molar-refractivity contribution in [3.63, 3.8) is 0 Å². The molecule has 1 aromatic carbocycles. The van der Waals surface area contributed by atoms with Gasteiger partial charge in [0.05, 0.1) is 0 Å². The summed E-state index contributed by atoms with van der Waals surface area (Å²) >= 11 is 0. The van der Waals surface area contributed by atoms with Gasteiger partial charge in [-0.25, -0.2) is 4.79 Å². The third kappa shape index (κ3) is 5.93. The van der Waals surface area contributed by atoms with Crippen molar-refractivity contribution < 1.29 is 4.79 Å². The van der Waals surface area contributed by atoms with Crippen LogP contribution in [0.25, 0.3) is 0 Å². The van der Waals surface area contributed by atoms with E-state index in [4.69, 9.17) is 0 Å². The van der Waals surface area contributed by atoms with E-state index in [1.807, 2.05) is 37.3 Å². The molecule has 0 unspecified atom stereocenters. The van der Waals surface area contributed by atoms with E-state index < -0.39 is 0 Å². The fraction of sp³-hybridized carbons (Fsp3) is 0.409. The minimum atomic E-state index is -0.233. The Morgan fingerprint density at radius 3 is 2.41 bits per heavy atom. The molecular formula is C22H29N9O. The van der Waals surface area contributed by atoms with E-state index in [2.05, 4.69) is 60.3 Å². The molecule has 3 aromatic rings. The summed E-state index contributed by atoms with van der Waals surface area (Å²) in [5, 5.41) is 19.3. The van der Waals surface area contributed by atoms with E-state index in [1.54, 1.807) is 0 Å². The van der Waals surface area contributed by atoms with Crippen LogP contribution in [-0.4, -0.2) is 37.7 Å². The predicted molar refractivity (Wildman–Crippen MR) is 125 cm³/mol. The first-order valence-corrected chi connectivity index (χ1v) is 11.0. The van der Waals surface area contributed by atoms with Gasteiger partial charge < -0.3 is 21.3 Å². The molecule has 10 heteroatoms. The summed E-state index contributed by atoms with van der Waals surface area (Å²) in [7, 11) is 0. The molecule has 2 amide bonds. The molecule has 0 atom stereocenters. The maximum atomic E-state index is 11.7. The van der Waals surface area contributed by atoms with Crippen LogP contribution in [0.4, 0.5) is 33.9 Å². The summed E-state index contributed by atoms with van der Waals surface area (Å²) in [6, 6.07) is 9.12. The highest BCUT2D eigenvalue weighted by Gasteiger charge is 2.25. The summed E-state index contributed by atoms with van der Waals surface area (Å²) in [5.74, 6) is 3.29. The molecular weight excluding hydrogens is 406 g/mol.